The van der Waals surface area contributed by atoms with Crippen LogP contribution in [0.25, 0.3) is 0 Å². The Hall–Kier alpha value is -6.78. The van der Waals surface area contributed by atoms with Gasteiger partial charge in [0.05, 0.1) is 0 Å². The molecule has 1 aliphatic heterocycles. The molecular formula is C47H61N7O10. The Kier molecular flexibility index (Phi) is 19.8. The van der Waals surface area contributed by atoms with E-state index in [1.54, 1.807) is 44.2 Å². The molecule has 4 rings (SSSR count). The number of carboxylic acids is 1. The standard InChI is InChI=1S/C47H61N7O10/c1-30(2)40-44(59)49-36(25-23-32-16-8-5-9-17-32)45(60)54(4)39(26-24-33-18-10-6-11-19-33)43(58)50-38(29-64-31(3)55)41(56)48-27-15-14-22-35(42(57)53-40)51-47(63)52-37(46(61)62)28-34-20-12-7-13-21-34/h5-13,16-21,30,35-40H,14-15,22-29H2,1-4H3,(H,48,56)(H,49,59)(H,50,58)(H,53,57)(H,61,62)(H2,51,52,63)/t35-,36+,37+,38-,39-,40+/m0/s1. The van der Waals surface area contributed by atoms with Gasteiger partial charge < -0.3 is 46.6 Å². The number of nitrogens with zero attached hydrogens (tertiary/aromatic N) is 1. The summed E-state index contributed by atoms with van der Waals surface area (Å²) in [6.07, 6.45) is 1.50. The highest BCUT2D eigenvalue weighted by molar-refractivity contribution is 5.96. The lowest BCUT2D eigenvalue weighted by Crippen LogP contribution is -2.61. The van der Waals surface area contributed by atoms with Gasteiger partial charge in [0.2, 0.25) is 29.5 Å². The lowest BCUT2D eigenvalue weighted by molar-refractivity contribution is -0.146. The zero-order valence-electron chi connectivity index (χ0n) is 36.8. The van der Waals surface area contributed by atoms with Gasteiger partial charge in [0.1, 0.15) is 42.9 Å². The number of benzene rings is 3. The fourth-order valence-electron chi connectivity index (χ4n) is 7.25. The van der Waals surface area contributed by atoms with E-state index in [0.29, 0.717) is 18.4 Å². The van der Waals surface area contributed by atoms with E-state index in [-0.39, 0.29) is 45.1 Å². The minimum atomic E-state index is -1.34. The van der Waals surface area contributed by atoms with Crippen molar-refractivity contribution in [2.45, 2.75) is 108 Å². The molecule has 1 saturated heterocycles. The first-order valence-electron chi connectivity index (χ1n) is 21.6. The highest BCUT2D eigenvalue weighted by atomic mass is 16.5. The largest absolute Gasteiger partial charge is 0.480 e. The Balaban J connectivity index is 1.68. The van der Waals surface area contributed by atoms with Gasteiger partial charge >= 0.3 is 18.0 Å². The third kappa shape index (κ3) is 16.2. The smallest absolute Gasteiger partial charge is 0.326 e. The third-order valence-corrected chi connectivity index (χ3v) is 10.9. The van der Waals surface area contributed by atoms with Gasteiger partial charge in [-0.05, 0) is 67.6 Å². The van der Waals surface area contributed by atoms with E-state index in [1.807, 2.05) is 60.7 Å². The van der Waals surface area contributed by atoms with Gasteiger partial charge in [0.25, 0.3) is 0 Å². The maximum atomic E-state index is 14.6. The minimum absolute atomic E-state index is 0.0116. The van der Waals surface area contributed by atoms with Crippen LogP contribution >= 0.6 is 0 Å². The molecule has 64 heavy (non-hydrogen) atoms. The molecular weight excluding hydrogens is 823 g/mol. The van der Waals surface area contributed by atoms with Crippen molar-refractivity contribution in [2.75, 3.05) is 20.2 Å². The van der Waals surface area contributed by atoms with Gasteiger partial charge in [-0.1, -0.05) is 105 Å². The Morgan fingerprint density at radius 3 is 1.86 bits per heavy atom. The molecule has 17 heteroatoms. The van der Waals surface area contributed by atoms with E-state index in [0.717, 1.165) is 18.1 Å². The van der Waals surface area contributed by atoms with Gasteiger partial charge in [0, 0.05) is 26.9 Å². The second kappa shape index (κ2) is 25.4. The van der Waals surface area contributed by atoms with E-state index in [1.165, 1.54) is 11.9 Å². The number of aryl methyl sites for hydroxylation is 2. The van der Waals surface area contributed by atoms with E-state index in [9.17, 15) is 43.5 Å². The lowest BCUT2D eigenvalue weighted by Gasteiger charge is -2.33. The maximum Gasteiger partial charge on any atom is 0.326 e. The van der Waals surface area contributed by atoms with Crippen molar-refractivity contribution >= 4 is 47.5 Å². The van der Waals surface area contributed by atoms with E-state index >= 15 is 0 Å². The Labute approximate surface area is 373 Å². The Bertz CT molecular complexity index is 2040. The molecule has 344 valence electrons. The molecule has 3 aromatic rings. The van der Waals surface area contributed by atoms with Gasteiger partial charge in [-0.25, -0.2) is 9.59 Å². The first-order valence-corrected chi connectivity index (χ1v) is 21.6. The molecule has 6 atom stereocenters. The average molecular weight is 884 g/mol. The van der Waals surface area contributed by atoms with Crippen LogP contribution in [0.1, 0.15) is 69.6 Å². The van der Waals surface area contributed by atoms with Crippen LogP contribution in [0.3, 0.4) is 0 Å². The van der Waals surface area contributed by atoms with Crippen LogP contribution in [0.15, 0.2) is 91.0 Å². The molecule has 17 nitrogen and oxygen atoms in total. The van der Waals surface area contributed by atoms with E-state index < -0.39 is 96.3 Å². The predicted molar refractivity (Wildman–Crippen MR) is 237 cm³/mol. The van der Waals surface area contributed by atoms with Crippen LogP contribution < -0.4 is 31.9 Å². The summed E-state index contributed by atoms with van der Waals surface area (Å²) in [5.74, 6) is -5.85. The van der Waals surface area contributed by atoms with Crippen LogP contribution in [0.5, 0.6) is 0 Å². The van der Waals surface area contributed by atoms with Crippen molar-refractivity contribution in [3.8, 4) is 0 Å². The fourth-order valence-corrected chi connectivity index (χ4v) is 7.25. The summed E-state index contributed by atoms with van der Waals surface area (Å²) in [4.78, 5) is 109. The number of amides is 7. The van der Waals surface area contributed by atoms with Gasteiger partial charge in [-0.2, -0.15) is 0 Å². The SMILES string of the molecule is CC(=O)OC[C@@H]1NC(=O)[C@H](CCc2ccccc2)N(C)C(=O)[C@@H](CCc2ccccc2)NC(=O)[C@@H](C(C)C)NC(=O)[C@@H](NC(=O)N[C@H](Cc2ccccc2)C(=O)O)CCCCNC1=O. The third-order valence-electron chi connectivity index (χ3n) is 10.9. The number of aliphatic carboxylic acids is 1. The highest BCUT2D eigenvalue weighted by Crippen LogP contribution is 2.16. The number of carbonyl (C=O) groups excluding carboxylic acids is 7. The molecule has 7 N–H and O–H groups in total. The fraction of sp³-hybridized carbons (Fsp3) is 0.447. The molecule has 0 unspecified atom stereocenters. The van der Waals surface area contributed by atoms with Crippen molar-refractivity contribution in [3.05, 3.63) is 108 Å². The van der Waals surface area contributed by atoms with Crippen LogP contribution in [-0.4, -0.2) is 114 Å². The number of hydrogen-bond donors (Lipinski definition) is 7. The number of hydrogen-bond acceptors (Lipinski definition) is 9. The van der Waals surface area contributed by atoms with Crippen LogP contribution in [0.2, 0.25) is 0 Å². The molecule has 0 aromatic heterocycles. The van der Waals surface area contributed by atoms with Crippen LogP contribution in [-0.2, 0) is 57.6 Å². The molecule has 1 fully saturated rings. The summed E-state index contributed by atoms with van der Waals surface area (Å²) in [7, 11) is 1.45. The van der Waals surface area contributed by atoms with Crippen molar-refractivity contribution in [1.82, 2.24) is 36.8 Å². The van der Waals surface area contributed by atoms with E-state index in [4.69, 9.17) is 4.74 Å². The van der Waals surface area contributed by atoms with Crippen molar-refractivity contribution in [1.29, 1.82) is 0 Å². The summed E-state index contributed by atoms with van der Waals surface area (Å²) >= 11 is 0. The molecule has 0 saturated carbocycles. The monoisotopic (exact) mass is 883 g/mol. The molecule has 0 spiro atoms. The minimum Gasteiger partial charge on any atom is -0.480 e. The number of esters is 1. The summed E-state index contributed by atoms with van der Waals surface area (Å²) in [6.45, 7) is 4.15. The number of carbonyl (C=O) groups is 8. The van der Waals surface area contributed by atoms with Crippen LogP contribution in [0.4, 0.5) is 4.79 Å². The number of urea groups is 1. The van der Waals surface area contributed by atoms with Gasteiger partial charge in [-0.3, -0.25) is 28.8 Å². The quantitative estimate of drug-likeness (QED) is 0.117. The zero-order valence-corrected chi connectivity index (χ0v) is 36.8. The summed E-state index contributed by atoms with van der Waals surface area (Å²) < 4.78 is 5.16. The topological polar surface area (TPSA) is 241 Å². The molecule has 3 aromatic carbocycles. The van der Waals surface area contributed by atoms with Crippen molar-refractivity contribution in [2.24, 2.45) is 5.92 Å². The summed E-state index contributed by atoms with van der Waals surface area (Å²) in [5, 5.41) is 25.9. The second-order valence-corrected chi connectivity index (χ2v) is 16.2. The number of likely N-dealkylation sites (N-methyl/N-ethyl adjacent to an activating group) is 1. The highest BCUT2D eigenvalue weighted by Gasteiger charge is 2.37. The molecule has 0 aliphatic carbocycles. The Morgan fingerprint density at radius 1 is 0.734 bits per heavy atom. The summed E-state index contributed by atoms with van der Waals surface area (Å²) in [5.41, 5.74) is 2.44. The predicted octanol–water partition coefficient (Wildman–Crippen LogP) is 2.42. The molecule has 1 heterocycles. The van der Waals surface area contributed by atoms with E-state index in [2.05, 4.69) is 31.9 Å². The van der Waals surface area contributed by atoms with Crippen molar-refractivity contribution < 1.29 is 48.2 Å². The number of ether oxygens (including phenoxy) is 1. The maximum absolute atomic E-state index is 14.6. The zero-order chi connectivity index (χ0) is 46.6. The molecule has 7 amide bonds. The second-order valence-electron chi connectivity index (χ2n) is 16.2. The Morgan fingerprint density at radius 2 is 1.30 bits per heavy atom. The molecule has 0 bridgehead atoms. The van der Waals surface area contributed by atoms with Crippen molar-refractivity contribution in [3.63, 3.8) is 0 Å². The van der Waals surface area contributed by atoms with Gasteiger partial charge in [-0.15, -0.1) is 0 Å². The summed E-state index contributed by atoms with van der Waals surface area (Å²) in [6, 6.07) is 18.9. The lowest BCUT2D eigenvalue weighted by atomic mass is 9.98. The first-order chi connectivity index (χ1) is 30.6. The number of nitrogens with one attached hydrogen (secondary N) is 6. The normalized spacial score (nSPS) is 21.1. The number of carboxylic acid groups (broad SMARTS) is 1. The average Bonchev–Trinajstić information content (AvgIpc) is 3.27. The molecule has 0 radical (unpaired) electrons. The first kappa shape index (κ1) is 49.9. The van der Waals surface area contributed by atoms with Crippen LogP contribution in [0, 0.1) is 5.92 Å². The molecule has 1 aliphatic rings. The van der Waals surface area contributed by atoms with Gasteiger partial charge in [0.15, 0.2) is 0 Å². The number of rotatable bonds is 14.